The molecule has 0 saturated carbocycles. The Hall–Kier alpha value is -1.73. The molecule has 1 atom stereocenters. The Labute approximate surface area is 146 Å². The highest BCUT2D eigenvalue weighted by Crippen LogP contribution is 2.20. The summed E-state index contributed by atoms with van der Waals surface area (Å²) in [5, 5.41) is 9.49. The molecule has 0 amide bonds. The van der Waals surface area contributed by atoms with E-state index in [0.717, 1.165) is 9.78 Å². The molecule has 1 N–H and O–H groups in total. The van der Waals surface area contributed by atoms with Crippen LogP contribution in [-0.2, 0) is 4.79 Å². The third kappa shape index (κ3) is 4.14. The van der Waals surface area contributed by atoms with Gasteiger partial charge in [-0.2, -0.15) is 0 Å². The van der Waals surface area contributed by atoms with Crippen LogP contribution < -0.4 is 0 Å². The zero-order valence-electron chi connectivity index (χ0n) is 11.2. The highest BCUT2D eigenvalue weighted by Gasteiger charge is 2.26. The van der Waals surface area contributed by atoms with Crippen molar-refractivity contribution in [3.63, 3.8) is 0 Å². The number of hydrogen-bond acceptors (Lipinski definition) is 3. The van der Waals surface area contributed by atoms with Gasteiger partial charge in [0.2, 0.25) is 0 Å². The van der Waals surface area contributed by atoms with Crippen LogP contribution in [0.25, 0.3) is 0 Å². The van der Waals surface area contributed by atoms with Crippen molar-refractivity contribution in [1.82, 2.24) is 0 Å². The second kappa shape index (κ2) is 7.51. The van der Waals surface area contributed by atoms with Crippen LogP contribution >= 0.6 is 34.2 Å². The lowest BCUT2D eigenvalue weighted by molar-refractivity contribution is -0.137. The summed E-state index contributed by atoms with van der Waals surface area (Å²) in [4.78, 5) is 27.7. The Morgan fingerprint density at radius 3 is 2.36 bits per heavy atom. The SMILES string of the molecule is O=C(O)C(C=Nc1ccc(I)cc1)C(=O)c1ccccc1Cl. The van der Waals surface area contributed by atoms with Gasteiger partial charge in [-0.1, -0.05) is 23.7 Å². The molecule has 2 rings (SSSR count). The van der Waals surface area contributed by atoms with Crippen molar-refractivity contribution in [2.75, 3.05) is 0 Å². The van der Waals surface area contributed by atoms with Gasteiger partial charge in [-0.05, 0) is 59.0 Å². The van der Waals surface area contributed by atoms with Gasteiger partial charge in [-0.3, -0.25) is 14.6 Å². The number of Topliss-reactive ketones (excluding diaryl/α,β-unsaturated/α-hetero) is 1. The lowest BCUT2D eigenvalue weighted by Crippen LogP contribution is -2.25. The molecule has 0 spiro atoms. The fraction of sp³-hybridized carbons (Fsp3) is 0.0625. The molecule has 0 aliphatic rings. The van der Waals surface area contributed by atoms with E-state index in [0.29, 0.717) is 5.69 Å². The summed E-state index contributed by atoms with van der Waals surface area (Å²) in [6, 6.07) is 13.5. The van der Waals surface area contributed by atoms with Gasteiger partial charge in [0.15, 0.2) is 11.7 Å². The summed E-state index contributed by atoms with van der Waals surface area (Å²) >= 11 is 8.10. The molecule has 0 fully saturated rings. The Bertz CT molecular complexity index is 728. The van der Waals surface area contributed by atoms with Crippen LogP contribution in [0.15, 0.2) is 53.5 Å². The molecule has 2 aromatic carbocycles. The summed E-state index contributed by atoms with van der Waals surface area (Å²) in [5.74, 6) is -3.23. The molecular weight excluding hydrogens is 417 g/mol. The van der Waals surface area contributed by atoms with Gasteiger partial charge in [0, 0.05) is 15.3 Å². The fourth-order valence-electron chi connectivity index (χ4n) is 1.76. The molecule has 0 aliphatic carbocycles. The van der Waals surface area contributed by atoms with Crippen molar-refractivity contribution in [3.05, 3.63) is 62.7 Å². The highest BCUT2D eigenvalue weighted by atomic mass is 127. The molecule has 22 heavy (non-hydrogen) atoms. The minimum absolute atomic E-state index is 0.172. The summed E-state index contributed by atoms with van der Waals surface area (Å²) < 4.78 is 1.04. The van der Waals surface area contributed by atoms with Crippen LogP contribution in [0, 0.1) is 9.49 Å². The minimum Gasteiger partial charge on any atom is -0.480 e. The van der Waals surface area contributed by atoms with E-state index in [-0.39, 0.29) is 10.6 Å². The van der Waals surface area contributed by atoms with E-state index in [1.54, 1.807) is 30.3 Å². The lowest BCUT2D eigenvalue weighted by atomic mass is 9.98. The molecule has 4 nitrogen and oxygen atoms in total. The van der Waals surface area contributed by atoms with Gasteiger partial charge >= 0.3 is 5.97 Å². The molecule has 6 heteroatoms. The summed E-state index contributed by atoms with van der Waals surface area (Å²) in [6.07, 6.45) is 1.14. The molecule has 0 saturated heterocycles. The van der Waals surface area contributed by atoms with Crippen LogP contribution in [0.2, 0.25) is 5.02 Å². The molecule has 0 bridgehead atoms. The topological polar surface area (TPSA) is 66.7 Å². The number of halogens is 2. The van der Waals surface area contributed by atoms with Crippen molar-refractivity contribution in [3.8, 4) is 0 Å². The number of hydrogen-bond donors (Lipinski definition) is 1. The molecular formula is C16H11ClINO3. The zero-order chi connectivity index (χ0) is 16.1. The predicted octanol–water partition coefficient (Wildman–Crippen LogP) is 4.23. The number of nitrogens with zero attached hydrogens (tertiary/aromatic N) is 1. The van der Waals surface area contributed by atoms with Crippen molar-refractivity contribution in [2.45, 2.75) is 0 Å². The van der Waals surface area contributed by atoms with Crippen molar-refractivity contribution < 1.29 is 14.7 Å². The smallest absolute Gasteiger partial charge is 0.319 e. The Kier molecular flexibility index (Phi) is 5.68. The number of rotatable bonds is 5. The quantitative estimate of drug-likeness (QED) is 0.336. The van der Waals surface area contributed by atoms with Crippen LogP contribution in [0.3, 0.4) is 0 Å². The number of carbonyl (C=O) groups is 2. The van der Waals surface area contributed by atoms with Crippen LogP contribution in [-0.4, -0.2) is 23.1 Å². The van der Waals surface area contributed by atoms with E-state index in [4.69, 9.17) is 11.6 Å². The molecule has 1 unspecified atom stereocenters. The van der Waals surface area contributed by atoms with E-state index in [1.165, 1.54) is 6.07 Å². The number of ketones is 1. The van der Waals surface area contributed by atoms with Gasteiger partial charge in [-0.15, -0.1) is 0 Å². The number of carbonyl (C=O) groups excluding carboxylic acids is 1. The monoisotopic (exact) mass is 427 g/mol. The van der Waals surface area contributed by atoms with E-state index in [1.807, 2.05) is 12.1 Å². The number of aliphatic imine (C=N–C) groups is 1. The average Bonchev–Trinajstić information content (AvgIpc) is 2.49. The Morgan fingerprint density at radius 2 is 1.77 bits per heavy atom. The van der Waals surface area contributed by atoms with Gasteiger partial charge in [0.25, 0.3) is 0 Å². The first-order valence-corrected chi connectivity index (χ1v) is 7.76. The zero-order valence-corrected chi connectivity index (χ0v) is 14.2. The third-order valence-corrected chi connectivity index (χ3v) is 3.94. The fourth-order valence-corrected chi connectivity index (χ4v) is 2.35. The number of benzene rings is 2. The van der Waals surface area contributed by atoms with Crippen LogP contribution in [0.1, 0.15) is 10.4 Å². The summed E-state index contributed by atoms with van der Waals surface area (Å²) in [6.45, 7) is 0. The Morgan fingerprint density at radius 1 is 1.14 bits per heavy atom. The van der Waals surface area contributed by atoms with E-state index in [9.17, 15) is 14.7 Å². The van der Waals surface area contributed by atoms with Crippen molar-refractivity contribution in [1.29, 1.82) is 0 Å². The maximum Gasteiger partial charge on any atom is 0.319 e. The first-order valence-electron chi connectivity index (χ1n) is 6.30. The first kappa shape index (κ1) is 16.6. The second-order valence-electron chi connectivity index (χ2n) is 4.41. The van der Waals surface area contributed by atoms with E-state index >= 15 is 0 Å². The van der Waals surface area contributed by atoms with Gasteiger partial charge in [0.05, 0.1) is 10.7 Å². The molecule has 112 valence electrons. The molecule has 0 radical (unpaired) electrons. The molecule has 2 aromatic rings. The first-order chi connectivity index (χ1) is 10.5. The lowest BCUT2D eigenvalue weighted by Gasteiger charge is -2.07. The third-order valence-electron chi connectivity index (χ3n) is 2.89. The summed E-state index contributed by atoms with van der Waals surface area (Å²) in [7, 11) is 0. The molecule has 0 aliphatic heterocycles. The standard InChI is InChI=1S/C16H11ClINO3/c17-14-4-2-1-3-12(14)15(20)13(16(21)22)9-19-11-7-5-10(18)6-8-11/h1-9,13H,(H,21,22). The van der Waals surface area contributed by atoms with Crippen LogP contribution in [0.4, 0.5) is 5.69 Å². The van der Waals surface area contributed by atoms with E-state index in [2.05, 4.69) is 27.6 Å². The predicted molar refractivity (Wildman–Crippen MR) is 94.2 cm³/mol. The van der Waals surface area contributed by atoms with Crippen molar-refractivity contribution >= 4 is 57.8 Å². The maximum atomic E-state index is 12.3. The largest absolute Gasteiger partial charge is 0.480 e. The number of aliphatic carboxylic acids is 1. The molecule has 0 aromatic heterocycles. The minimum atomic E-state index is -1.38. The highest BCUT2D eigenvalue weighted by molar-refractivity contribution is 14.1. The number of carboxylic acid groups (broad SMARTS) is 1. The van der Waals surface area contributed by atoms with Gasteiger partial charge in [0.1, 0.15) is 0 Å². The second-order valence-corrected chi connectivity index (χ2v) is 6.07. The number of carboxylic acids is 1. The van der Waals surface area contributed by atoms with Gasteiger partial charge < -0.3 is 5.11 Å². The van der Waals surface area contributed by atoms with Crippen molar-refractivity contribution in [2.24, 2.45) is 10.9 Å². The van der Waals surface area contributed by atoms with E-state index < -0.39 is 17.7 Å². The maximum absolute atomic E-state index is 12.3. The van der Waals surface area contributed by atoms with Gasteiger partial charge in [-0.25, -0.2) is 0 Å². The molecule has 0 heterocycles. The summed E-state index contributed by atoms with van der Waals surface area (Å²) in [5.41, 5.74) is 0.754. The Balaban J connectivity index is 2.27. The van der Waals surface area contributed by atoms with Crippen LogP contribution in [0.5, 0.6) is 0 Å². The average molecular weight is 428 g/mol. The normalized spacial score (nSPS) is 12.3.